The van der Waals surface area contributed by atoms with Crippen LogP contribution in [-0.4, -0.2) is 50.8 Å². The Labute approximate surface area is 147 Å². The number of rotatable bonds is 9. The number of aliphatic imine (C=N–C) groups is 1. The first-order chi connectivity index (χ1) is 11.6. The van der Waals surface area contributed by atoms with Crippen molar-refractivity contribution in [3.63, 3.8) is 0 Å². The van der Waals surface area contributed by atoms with Gasteiger partial charge >= 0.3 is 0 Å². The highest BCUT2D eigenvalue weighted by Gasteiger charge is 2.16. The molecule has 6 nitrogen and oxygen atoms in total. The number of ether oxygens (including phenoxy) is 1. The molecule has 0 aromatic rings. The average molecular weight is 341 g/mol. The van der Waals surface area contributed by atoms with Crippen LogP contribution in [0.15, 0.2) is 4.99 Å². The van der Waals surface area contributed by atoms with Crippen LogP contribution in [0.25, 0.3) is 0 Å². The van der Waals surface area contributed by atoms with Gasteiger partial charge in [-0.25, -0.2) is 0 Å². The number of guanidine groups is 1. The highest BCUT2D eigenvalue weighted by Crippen LogP contribution is 2.17. The zero-order valence-electron chi connectivity index (χ0n) is 15.9. The number of carbonyl (C=O) groups excluding carboxylic acids is 1. The summed E-state index contributed by atoms with van der Waals surface area (Å²) < 4.78 is 5.74. The van der Waals surface area contributed by atoms with Gasteiger partial charge in [-0.2, -0.15) is 0 Å². The van der Waals surface area contributed by atoms with Crippen molar-refractivity contribution in [2.75, 3.05) is 26.7 Å². The molecule has 140 valence electrons. The molecule has 6 heteroatoms. The first-order valence-corrected chi connectivity index (χ1v) is 9.42. The maximum absolute atomic E-state index is 12.0. The van der Waals surface area contributed by atoms with Gasteiger partial charge in [0, 0.05) is 26.2 Å². The summed E-state index contributed by atoms with van der Waals surface area (Å²) in [7, 11) is 1.72. The largest absolute Gasteiger partial charge is 0.378 e. The van der Waals surface area contributed by atoms with Gasteiger partial charge in [0.2, 0.25) is 5.91 Å². The Morgan fingerprint density at radius 2 is 1.92 bits per heavy atom. The SMILES string of the molecule is CCOC(CCNC(=NC)NCC(=O)NC1CCCCC1)C(C)C. The third-order valence-corrected chi connectivity index (χ3v) is 4.46. The minimum atomic E-state index is 0.0409. The standard InChI is InChI=1S/C18H36N4O2/c1-5-24-16(14(2)3)11-12-20-18(19-4)21-13-17(23)22-15-9-7-6-8-10-15/h14-16H,5-13H2,1-4H3,(H,22,23)(H2,19,20,21). The molecule has 1 amide bonds. The minimum Gasteiger partial charge on any atom is -0.378 e. The predicted molar refractivity (Wildman–Crippen MR) is 99.2 cm³/mol. The summed E-state index contributed by atoms with van der Waals surface area (Å²) in [6.07, 6.45) is 7.10. The molecule has 0 aromatic carbocycles. The zero-order chi connectivity index (χ0) is 17.8. The van der Waals surface area contributed by atoms with Crippen molar-refractivity contribution < 1.29 is 9.53 Å². The first kappa shape index (κ1) is 20.7. The number of hydrogen-bond acceptors (Lipinski definition) is 3. The lowest BCUT2D eigenvalue weighted by molar-refractivity contribution is -0.120. The van der Waals surface area contributed by atoms with Crippen molar-refractivity contribution in [1.29, 1.82) is 0 Å². The topological polar surface area (TPSA) is 74.8 Å². The van der Waals surface area contributed by atoms with Crippen LogP contribution in [-0.2, 0) is 9.53 Å². The number of carbonyl (C=O) groups is 1. The van der Waals surface area contributed by atoms with Crippen molar-refractivity contribution in [3.05, 3.63) is 0 Å². The van der Waals surface area contributed by atoms with E-state index in [0.717, 1.165) is 32.4 Å². The van der Waals surface area contributed by atoms with Crippen LogP contribution in [0.4, 0.5) is 0 Å². The number of hydrogen-bond donors (Lipinski definition) is 3. The molecule has 1 unspecified atom stereocenters. The molecular weight excluding hydrogens is 304 g/mol. The molecule has 1 aliphatic carbocycles. The molecule has 24 heavy (non-hydrogen) atoms. The van der Waals surface area contributed by atoms with E-state index in [2.05, 4.69) is 34.8 Å². The second kappa shape index (κ2) is 12.1. The molecule has 3 N–H and O–H groups in total. The van der Waals surface area contributed by atoms with Gasteiger partial charge in [-0.05, 0) is 32.1 Å². The molecular formula is C18H36N4O2. The minimum absolute atomic E-state index is 0.0409. The van der Waals surface area contributed by atoms with E-state index in [-0.39, 0.29) is 18.6 Å². The Kier molecular flexibility index (Phi) is 10.5. The summed E-state index contributed by atoms with van der Waals surface area (Å²) in [6.45, 7) is 8.12. The summed E-state index contributed by atoms with van der Waals surface area (Å²) in [5.74, 6) is 1.19. The number of nitrogens with zero attached hydrogens (tertiary/aromatic N) is 1. The Morgan fingerprint density at radius 1 is 1.21 bits per heavy atom. The molecule has 0 heterocycles. The van der Waals surface area contributed by atoms with Crippen molar-refractivity contribution in [3.8, 4) is 0 Å². The van der Waals surface area contributed by atoms with E-state index in [1.54, 1.807) is 7.05 Å². The Bertz CT molecular complexity index is 379. The highest BCUT2D eigenvalue weighted by molar-refractivity contribution is 5.86. The van der Waals surface area contributed by atoms with Gasteiger partial charge in [0.15, 0.2) is 5.96 Å². The molecule has 0 aromatic heterocycles. The molecule has 0 aliphatic heterocycles. The van der Waals surface area contributed by atoms with E-state index >= 15 is 0 Å². The molecule has 1 rings (SSSR count). The lowest BCUT2D eigenvalue weighted by Crippen LogP contribution is -2.46. The second-order valence-electron chi connectivity index (χ2n) is 6.78. The van der Waals surface area contributed by atoms with Crippen molar-refractivity contribution in [2.24, 2.45) is 10.9 Å². The first-order valence-electron chi connectivity index (χ1n) is 9.42. The van der Waals surface area contributed by atoms with Gasteiger partial charge in [-0.3, -0.25) is 9.79 Å². The third kappa shape index (κ3) is 8.52. The van der Waals surface area contributed by atoms with E-state index < -0.39 is 0 Å². The maximum atomic E-state index is 12.0. The van der Waals surface area contributed by atoms with Crippen LogP contribution < -0.4 is 16.0 Å². The molecule has 1 fully saturated rings. The average Bonchev–Trinajstić information content (AvgIpc) is 2.57. The lowest BCUT2D eigenvalue weighted by Gasteiger charge is -2.23. The predicted octanol–water partition coefficient (Wildman–Crippen LogP) is 2.05. The maximum Gasteiger partial charge on any atom is 0.239 e. The monoisotopic (exact) mass is 340 g/mol. The summed E-state index contributed by atoms with van der Waals surface area (Å²) in [4.78, 5) is 16.2. The highest BCUT2D eigenvalue weighted by atomic mass is 16.5. The van der Waals surface area contributed by atoms with E-state index in [0.29, 0.717) is 17.9 Å². The summed E-state index contributed by atoms with van der Waals surface area (Å²) in [6, 6.07) is 0.348. The van der Waals surface area contributed by atoms with Gasteiger partial charge in [0.1, 0.15) is 0 Å². The summed E-state index contributed by atoms with van der Waals surface area (Å²) in [5, 5.41) is 9.43. The number of amides is 1. The van der Waals surface area contributed by atoms with Gasteiger partial charge < -0.3 is 20.7 Å². The quantitative estimate of drug-likeness (QED) is 0.444. The van der Waals surface area contributed by atoms with Crippen LogP contribution in [0.1, 0.15) is 59.3 Å². The van der Waals surface area contributed by atoms with Crippen LogP contribution in [0.3, 0.4) is 0 Å². The Balaban J connectivity index is 2.22. The van der Waals surface area contributed by atoms with Crippen LogP contribution >= 0.6 is 0 Å². The van der Waals surface area contributed by atoms with Crippen LogP contribution in [0.5, 0.6) is 0 Å². The van der Waals surface area contributed by atoms with Gasteiger partial charge in [-0.1, -0.05) is 33.1 Å². The van der Waals surface area contributed by atoms with E-state index in [4.69, 9.17) is 4.74 Å². The Morgan fingerprint density at radius 3 is 2.50 bits per heavy atom. The van der Waals surface area contributed by atoms with Crippen LogP contribution in [0, 0.1) is 5.92 Å². The van der Waals surface area contributed by atoms with Gasteiger partial charge in [-0.15, -0.1) is 0 Å². The lowest BCUT2D eigenvalue weighted by atomic mass is 9.95. The van der Waals surface area contributed by atoms with Crippen molar-refractivity contribution in [2.45, 2.75) is 71.4 Å². The fraction of sp³-hybridized carbons (Fsp3) is 0.889. The zero-order valence-corrected chi connectivity index (χ0v) is 15.9. The normalized spacial score (nSPS) is 17.6. The molecule has 0 bridgehead atoms. The summed E-state index contributed by atoms with van der Waals surface area (Å²) in [5.41, 5.74) is 0. The summed E-state index contributed by atoms with van der Waals surface area (Å²) >= 11 is 0. The molecule has 1 aliphatic rings. The van der Waals surface area contributed by atoms with Gasteiger partial charge in [0.25, 0.3) is 0 Å². The van der Waals surface area contributed by atoms with Gasteiger partial charge in [0.05, 0.1) is 12.6 Å². The fourth-order valence-corrected chi connectivity index (χ4v) is 3.07. The smallest absolute Gasteiger partial charge is 0.239 e. The molecule has 1 saturated carbocycles. The van der Waals surface area contributed by atoms with E-state index in [1.807, 2.05) is 6.92 Å². The molecule has 0 radical (unpaired) electrons. The van der Waals surface area contributed by atoms with E-state index in [1.165, 1.54) is 19.3 Å². The van der Waals surface area contributed by atoms with Crippen molar-refractivity contribution in [1.82, 2.24) is 16.0 Å². The third-order valence-electron chi connectivity index (χ3n) is 4.46. The second-order valence-corrected chi connectivity index (χ2v) is 6.78. The van der Waals surface area contributed by atoms with E-state index in [9.17, 15) is 4.79 Å². The van der Waals surface area contributed by atoms with Crippen molar-refractivity contribution >= 4 is 11.9 Å². The molecule has 0 spiro atoms. The number of nitrogens with one attached hydrogen (secondary N) is 3. The molecule has 1 atom stereocenters. The van der Waals surface area contributed by atoms with Crippen LogP contribution in [0.2, 0.25) is 0 Å². The Hall–Kier alpha value is -1.30. The molecule has 0 saturated heterocycles. The fourth-order valence-electron chi connectivity index (χ4n) is 3.07.